The molecular weight excluding hydrogens is 254 g/mol. The molecule has 1 aromatic carbocycles. The highest BCUT2D eigenvalue weighted by Crippen LogP contribution is 2.25. The molecule has 1 atom stereocenters. The number of rotatable bonds is 3. The topological polar surface area (TPSA) is 12.0 Å². The van der Waals surface area contributed by atoms with Crippen LogP contribution in [-0.2, 0) is 12.8 Å². The van der Waals surface area contributed by atoms with E-state index in [4.69, 9.17) is 0 Å². The first-order valence-electron chi connectivity index (χ1n) is 8.88. The zero-order valence-electron chi connectivity index (χ0n) is 15.8. The fourth-order valence-corrected chi connectivity index (χ4v) is 2.27. The number of benzene rings is 1. The third-order valence-electron chi connectivity index (χ3n) is 3.50. The molecule has 0 radical (unpaired) electrons. The maximum Gasteiger partial charge on any atom is -0.00263 e. The summed E-state index contributed by atoms with van der Waals surface area (Å²) in [5.41, 5.74) is 3.13. The Kier molecular flexibility index (Phi) is 16.6. The molecule has 124 valence electrons. The van der Waals surface area contributed by atoms with Gasteiger partial charge < -0.3 is 5.32 Å². The van der Waals surface area contributed by atoms with E-state index < -0.39 is 0 Å². The number of hydrogen-bond donors (Lipinski definition) is 1. The molecule has 1 unspecified atom stereocenters. The normalized spacial score (nSPS) is 13.5. The first-order chi connectivity index (χ1) is 10.2. The van der Waals surface area contributed by atoms with E-state index in [1.165, 1.54) is 19.3 Å². The zero-order chi connectivity index (χ0) is 16.7. The minimum Gasteiger partial charge on any atom is -0.319 e. The summed E-state index contributed by atoms with van der Waals surface area (Å²) in [5.74, 6) is 1.71. The summed E-state index contributed by atoms with van der Waals surface area (Å²) in [6, 6.07) is 8.77. The summed E-state index contributed by atoms with van der Waals surface area (Å²) in [6.45, 7) is 15.9. The maximum absolute atomic E-state index is 3.12. The van der Waals surface area contributed by atoms with E-state index >= 15 is 0 Å². The van der Waals surface area contributed by atoms with E-state index in [1.54, 1.807) is 11.1 Å². The molecular formula is C20H39N. The average Bonchev–Trinajstić information content (AvgIpc) is 2.92. The van der Waals surface area contributed by atoms with Crippen LogP contribution in [0, 0.1) is 11.8 Å². The number of nitrogens with one attached hydrogen (secondary N) is 1. The first kappa shape index (κ1) is 22.5. The Bertz CT molecular complexity index is 294. The minimum absolute atomic E-state index is 0.838. The Hall–Kier alpha value is -0.820. The van der Waals surface area contributed by atoms with Crippen LogP contribution in [0.1, 0.15) is 66.0 Å². The van der Waals surface area contributed by atoms with Crippen molar-refractivity contribution in [1.82, 2.24) is 5.32 Å². The van der Waals surface area contributed by atoms with Crippen LogP contribution in [0.5, 0.6) is 0 Å². The molecule has 0 heterocycles. The second-order valence-corrected chi connectivity index (χ2v) is 5.35. The summed E-state index contributed by atoms with van der Waals surface area (Å²) < 4.78 is 0. The highest BCUT2D eigenvalue weighted by molar-refractivity contribution is 5.31. The van der Waals surface area contributed by atoms with Gasteiger partial charge in [0.25, 0.3) is 0 Å². The molecule has 0 aliphatic heterocycles. The van der Waals surface area contributed by atoms with Crippen LogP contribution in [0.25, 0.3) is 0 Å². The maximum atomic E-state index is 3.12. The number of fused-ring (bicyclic) bond motifs is 1. The SMILES string of the molecule is CC.CC.CC1Cc2ccccc2C1.CCC(C)CNC. The van der Waals surface area contributed by atoms with E-state index in [0.29, 0.717) is 0 Å². The summed E-state index contributed by atoms with van der Waals surface area (Å²) in [5, 5.41) is 3.12. The van der Waals surface area contributed by atoms with Crippen LogP contribution < -0.4 is 5.32 Å². The van der Waals surface area contributed by atoms with Gasteiger partial charge in [-0.05, 0) is 49.4 Å². The molecule has 2 rings (SSSR count). The van der Waals surface area contributed by atoms with E-state index in [0.717, 1.165) is 18.4 Å². The monoisotopic (exact) mass is 293 g/mol. The molecule has 21 heavy (non-hydrogen) atoms. The summed E-state index contributed by atoms with van der Waals surface area (Å²) in [7, 11) is 1.99. The van der Waals surface area contributed by atoms with Crippen molar-refractivity contribution in [3.8, 4) is 0 Å². The predicted molar refractivity (Wildman–Crippen MR) is 99.1 cm³/mol. The van der Waals surface area contributed by atoms with Crippen molar-refractivity contribution < 1.29 is 0 Å². The van der Waals surface area contributed by atoms with Crippen LogP contribution in [0.2, 0.25) is 0 Å². The van der Waals surface area contributed by atoms with Gasteiger partial charge in [-0.1, -0.05) is 79.2 Å². The average molecular weight is 294 g/mol. The standard InChI is InChI=1S/C10H12.C6H15N.2C2H6/c1-8-6-9-4-2-3-5-10(9)7-8;1-4-6(2)5-7-3;2*1-2/h2-5,8H,6-7H2,1H3;6-7H,4-5H2,1-3H3;2*1-2H3. The molecule has 1 N–H and O–H groups in total. The lowest BCUT2D eigenvalue weighted by Crippen LogP contribution is -2.14. The van der Waals surface area contributed by atoms with Gasteiger partial charge in [0.15, 0.2) is 0 Å². The third-order valence-corrected chi connectivity index (χ3v) is 3.50. The van der Waals surface area contributed by atoms with E-state index in [2.05, 4.69) is 50.4 Å². The molecule has 0 saturated heterocycles. The van der Waals surface area contributed by atoms with Gasteiger partial charge in [0, 0.05) is 0 Å². The van der Waals surface area contributed by atoms with Gasteiger partial charge in [-0.3, -0.25) is 0 Å². The largest absolute Gasteiger partial charge is 0.319 e. The molecule has 0 amide bonds. The van der Waals surface area contributed by atoms with Crippen LogP contribution in [0.15, 0.2) is 24.3 Å². The van der Waals surface area contributed by atoms with Gasteiger partial charge in [-0.2, -0.15) is 0 Å². The zero-order valence-corrected chi connectivity index (χ0v) is 15.8. The van der Waals surface area contributed by atoms with Gasteiger partial charge in [-0.15, -0.1) is 0 Å². The van der Waals surface area contributed by atoms with Crippen molar-refractivity contribution in [2.45, 2.75) is 67.7 Å². The lowest BCUT2D eigenvalue weighted by molar-refractivity contribution is 0.528. The van der Waals surface area contributed by atoms with Crippen molar-refractivity contribution in [2.75, 3.05) is 13.6 Å². The Morgan fingerprint density at radius 1 is 1.05 bits per heavy atom. The molecule has 0 saturated carbocycles. The molecule has 1 aliphatic rings. The summed E-state index contributed by atoms with van der Waals surface area (Å²) >= 11 is 0. The molecule has 1 heteroatoms. The van der Waals surface area contributed by atoms with Crippen LogP contribution in [0.4, 0.5) is 0 Å². The molecule has 0 spiro atoms. The molecule has 0 aromatic heterocycles. The van der Waals surface area contributed by atoms with Gasteiger partial charge >= 0.3 is 0 Å². The molecule has 0 bridgehead atoms. The Balaban J connectivity index is 0. The number of hydrogen-bond acceptors (Lipinski definition) is 1. The van der Waals surface area contributed by atoms with Crippen LogP contribution >= 0.6 is 0 Å². The van der Waals surface area contributed by atoms with Crippen molar-refractivity contribution in [3.63, 3.8) is 0 Å². The highest BCUT2D eigenvalue weighted by Gasteiger charge is 2.15. The van der Waals surface area contributed by atoms with E-state index in [1.807, 2.05) is 34.7 Å². The van der Waals surface area contributed by atoms with Crippen LogP contribution in [0.3, 0.4) is 0 Å². The minimum atomic E-state index is 0.838. The Morgan fingerprint density at radius 3 is 1.76 bits per heavy atom. The summed E-state index contributed by atoms with van der Waals surface area (Å²) in [4.78, 5) is 0. The smallest absolute Gasteiger partial charge is 0.00263 e. The third kappa shape index (κ3) is 10.5. The molecule has 1 aromatic rings. The van der Waals surface area contributed by atoms with Gasteiger partial charge in [0.05, 0.1) is 0 Å². The van der Waals surface area contributed by atoms with Crippen molar-refractivity contribution in [1.29, 1.82) is 0 Å². The highest BCUT2D eigenvalue weighted by atomic mass is 14.8. The van der Waals surface area contributed by atoms with Gasteiger partial charge in [0.1, 0.15) is 0 Å². The second kappa shape index (κ2) is 15.6. The molecule has 0 fully saturated rings. The fourth-order valence-electron chi connectivity index (χ4n) is 2.27. The Labute approximate surface area is 134 Å². The first-order valence-corrected chi connectivity index (χ1v) is 8.88. The second-order valence-electron chi connectivity index (χ2n) is 5.35. The quantitative estimate of drug-likeness (QED) is 0.751. The molecule has 1 nitrogen and oxygen atoms in total. The van der Waals surface area contributed by atoms with E-state index in [-0.39, 0.29) is 0 Å². The Morgan fingerprint density at radius 2 is 1.48 bits per heavy atom. The van der Waals surface area contributed by atoms with Gasteiger partial charge in [-0.25, -0.2) is 0 Å². The predicted octanol–water partition coefficient (Wildman–Crippen LogP) is 5.73. The van der Waals surface area contributed by atoms with Gasteiger partial charge in [0.2, 0.25) is 0 Å². The van der Waals surface area contributed by atoms with Crippen LogP contribution in [-0.4, -0.2) is 13.6 Å². The fraction of sp³-hybridized carbons (Fsp3) is 0.700. The van der Waals surface area contributed by atoms with Crippen molar-refractivity contribution in [3.05, 3.63) is 35.4 Å². The lowest BCUT2D eigenvalue weighted by atomic mass is 10.1. The summed E-state index contributed by atoms with van der Waals surface area (Å²) in [6.07, 6.45) is 3.85. The lowest BCUT2D eigenvalue weighted by Gasteiger charge is -2.04. The van der Waals surface area contributed by atoms with Crippen molar-refractivity contribution >= 4 is 0 Å². The van der Waals surface area contributed by atoms with Crippen molar-refractivity contribution in [2.24, 2.45) is 11.8 Å². The molecule has 1 aliphatic carbocycles. The van der Waals surface area contributed by atoms with E-state index in [9.17, 15) is 0 Å².